The van der Waals surface area contributed by atoms with Crippen molar-refractivity contribution in [3.8, 4) is 39.8 Å². The van der Waals surface area contributed by atoms with Crippen molar-refractivity contribution < 1.29 is 18.7 Å². The van der Waals surface area contributed by atoms with E-state index < -0.39 is 0 Å². The zero-order valence-electron chi connectivity index (χ0n) is 16.1. The van der Waals surface area contributed by atoms with E-state index >= 15 is 0 Å². The van der Waals surface area contributed by atoms with Gasteiger partial charge in [-0.2, -0.15) is 0 Å². The maximum Gasteiger partial charge on any atom is 0.203 e. The van der Waals surface area contributed by atoms with E-state index in [2.05, 4.69) is 10.1 Å². The summed E-state index contributed by atoms with van der Waals surface area (Å²) in [6.45, 7) is 0. The van der Waals surface area contributed by atoms with Gasteiger partial charge in [-0.05, 0) is 30.3 Å². The third-order valence-corrected chi connectivity index (χ3v) is 4.94. The van der Waals surface area contributed by atoms with Crippen molar-refractivity contribution in [3.05, 3.63) is 48.2 Å². The van der Waals surface area contributed by atoms with Crippen LogP contribution in [0.2, 0.25) is 0 Å². The molecule has 0 unspecified atom stereocenters. The molecule has 2 aromatic carbocycles. The number of nitrogens with one attached hydrogen (secondary N) is 1. The Bertz CT molecular complexity index is 1190. The number of hydrogen-bond donors (Lipinski definition) is 2. The van der Waals surface area contributed by atoms with Gasteiger partial charge in [-0.3, -0.25) is 0 Å². The van der Waals surface area contributed by atoms with Gasteiger partial charge in [0.05, 0.1) is 21.3 Å². The van der Waals surface area contributed by atoms with E-state index in [9.17, 15) is 0 Å². The topological polar surface area (TPSA) is 95.5 Å². The molecule has 2 aromatic heterocycles. The Labute approximate surface area is 172 Å². The fourth-order valence-corrected chi connectivity index (χ4v) is 3.37. The lowest BCUT2D eigenvalue weighted by molar-refractivity contribution is 0.324. The van der Waals surface area contributed by atoms with Crippen molar-refractivity contribution in [3.63, 3.8) is 0 Å². The number of thiocarbonyl (C=S) groups is 1. The van der Waals surface area contributed by atoms with E-state index in [-0.39, 0.29) is 0 Å². The lowest BCUT2D eigenvalue weighted by Gasteiger charge is -2.13. The van der Waals surface area contributed by atoms with Crippen LogP contribution in [0.15, 0.2) is 47.1 Å². The van der Waals surface area contributed by atoms with Gasteiger partial charge < -0.3 is 29.5 Å². The molecule has 8 heteroatoms. The van der Waals surface area contributed by atoms with Crippen LogP contribution in [0, 0.1) is 0 Å². The van der Waals surface area contributed by atoms with Crippen molar-refractivity contribution in [2.45, 2.75) is 0 Å². The maximum atomic E-state index is 5.77. The molecule has 0 saturated carbocycles. The van der Waals surface area contributed by atoms with E-state index in [1.54, 1.807) is 21.3 Å². The van der Waals surface area contributed by atoms with Crippen LogP contribution >= 0.6 is 12.2 Å². The largest absolute Gasteiger partial charge is 0.493 e. The lowest BCUT2D eigenvalue weighted by atomic mass is 10.1. The Morgan fingerprint density at radius 1 is 1.03 bits per heavy atom. The molecular weight excluding hydrogens is 390 g/mol. The second-order valence-electron chi connectivity index (χ2n) is 6.32. The van der Waals surface area contributed by atoms with Gasteiger partial charge >= 0.3 is 0 Å². The summed E-state index contributed by atoms with van der Waals surface area (Å²) in [4.78, 5) is 3.57. The van der Waals surface area contributed by atoms with Crippen LogP contribution in [-0.2, 0) is 0 Å². The van der Waals surface area contributed by atoms with Crippen molar-refractivity contribution in [2.24, 2.45) is 5.73 Å². The Morgan fingerprint density at radius 3 is 2.38 bits per heavy atom. The molecule has 0 spiro atoms. The predicted octanol–water partition coefficient (Wildman–Crippen LogP) is 4.15. The van der Waals surface area contributed by atoms with E-state index in [1.165, 1.54) is 0 Å². The Morgan fingerprint density at radius 2 is 1.76 bits per heavy atom. The minimum atomic E-state index is 0.342. The van der Waals surface area contributed by atoms with Crippen LogP contribution in [0.4, 0.5) is 0 Å². The monoisotopic (exact) mass is 409 g/mol. The van der Waals surface area contributed by atoms with Gasteiger partial charge in [0.1, 0.15) is 10.7 Å². The second-order valence-corrected chi connectivity index (χ2v) is 6.76. The van der Waals surface area contributed by atoms with E-state index in [0.717, 1.165) is 27.6 Å². The number of aromatic amines is 1. The average molecular weight is 409 g/mol. The first-order valence-electron chi connectivity index (χ1n) is 8.74. The minimum Gasteiger partial charge on any atom is -0.493 e. The van der Waals surface area contributed by atoms with Gasteiger partial charge in [0.15, 0.2) is 17.3 Å². The van der Waals surface area contributed by atoms with E-state index in [1.807, 2.05) is 42.6 Å². The fourth-order valence-electron chi connectivity index (χ4n) is 3.24. The predicted molar refractivity (Wildman–Crippen MR) is 115 cm³/mol. The summed E-state index contributed by atoms with van der Waals surface area (Å²) in [6.07, 6.45) is 1.87. The first-order chi connectivity index (χ1) is 14.0. The van der Waals surface area contributed by atoms with Crippen molar-refractivity contribution >= 4 is 28.1 Å². The molecule has 0 fully saturated rings. The first-order valence-corrected chi connectivity index (χ1v) is 9.15. The fraction of sp³-hybridized carbons (Fsp3) is 0.143. The molecule has 4 aromatic rings. The summed E-state index contributed by atoms with van der Waals surface area (Å²) in [5.74, 6) is 2.21. The number of nitrogens with two attached hydrogens (primary N) is 1. The smallest absolute Gasteiger partial charge is 0.203 e. The van der Waals surface area contributed by atoms with Gasteiger partial charge in [0.2, 0.25) is 5.75 Å². The van der Waals surface area contributed by atoms with Gasteiger partial charge in [-0.15, -0.1) is 0 Å². The number of methoxy groups -OCH3 is 3. The Kier molecular flexibility index (Phi) is 4.85. The first kappa shape index (κ1) is 18.8. The van der Waals surface area contributed by atoms with Crippen LogP contribution in [0.25, 0.3) is 33.5 Å². The highest BCUT2D eigenvalue weighted by atomic mass is 32.1. The molecule has 0 atom stereocenters. The summed E-state index contributed by atoms with van der Waals surface area (Å²) in [5.41, 5.74) is 9.79. The average Bonchev–Trinajstić information content (AvgIpc) is 3.38. The molecule has 0 bridgehead atoms. The molecular formula is C21H19N3O4S. The number of fused-ring (bicyclic) bond motifs is 1. The van der Waals surface area contributed by atoms with Crippen LogP contribution in [0.1, 0.15) is 5.56 Å². The van der Waals surface area contributed by atoms with E-state index in [4.69, 9.17) is 36.7 Å². The number of benzene rings is 2. The summed E-state index contributed by atoms with van der Waals surface area (Å²) in [5, 5.41) is 5.17. The second kappa shape index (κ2) is 7.48. The third-order valence-electron chi connectivity index (χ3n) is 4.70. The highest BCUT2D eigenvalue weighted by Gasteiger charge is 2.18. The van der Waals surface area contributed by atoms with Crippen molar-refractivity contribution in [2.75, 3.05) is 21.3 Å². The standard InChI is InChI=1S/C21H19N3O4S/c1-25-18-7-12(8-19(26-2)20(18)27-3)16-9-17(28-24-16)14-10-23-15-5-4-11(21(22)29)6-13(14)15/h4-10,23H,1-3H3,(H2,22,29). The van der Waals surface area contributed by atoms with E-state index in [0.29, 0.717) is 33.7 Å². The van der Waals surface area contributed by atoms with Crippen LogP contribution < -0.4 is 19.9 Å². The summed E-state index contributed by atoms with van der Waals surface area (Å²) in [6, 6.07) is 11.3. The highest BCUT2D eigenvalue weighted by molar-refractivity contribution is 7.80. The molecule has 4 rings (SSSR count). The Hall–Kier alpha value is -3.52. The van der Waals surface area contributed by atoms with Crippen molar-refractivity contribution in [1.29, 1.82) is 0 Å². The van der Waals surface area contributed by atoms with Crippen LogP contribution in [0.5, 0.6) is 17.2 Å². The Balaban J connectivity index is 1.79. The molecule has 2 heterocycles. The van der Waals surface area contributed by atoms with Crippen LogP contribution in [0.3, 0.4) is 0 Å². The molecule has 0 saturated heterocycles. The minimum absolute atomic E-state index is 0.342. The zero-order chi connectivity index (χ0) is 20.5. The molecule has 7 nitrogen and oxygen atoms in total. The number of aromatic nitrogens is 2. The summed E-state index contributed by atoms with van der Waals surface area (Å²) >= 11 is 5.09. The zero-order valence-corrected chi connectivity index (χ0v) is 16.9. The molecule has 0 radical (unpaired) electrons. The van der Waals surface area contributed by atoms with Crippen molar-refractivity contribution in [1.82, 2.24) is 10.1 Å². The molecule has 0 amide bonds. The molecule has 0 aliphatic carbocycles. The lowest BCUT2D eigenvalue weighted by Crippen LogP contribution is -2.08. The SMILES string of the molecule is COc1cc(-c2cc(-c3c[nH]c4ccc(C(N)=S)cc34)on2)cc(OC)c1OC. The van der Waals surface area contributed by atoms with Gasteiger partial charge in [0.25, 0.3) is 0 Å². The molecule has 3 N–H and O–H groups in total. The quantitative estimate of drug-likeness (QED) is 0.462. The highest BCUT2D eigenvalue weighted by Crippen LogP contribution is 2.41. The maximum absolute atomic E-state index is 5.77. The molecule has 29 heavy (non-hydrogen) atoms. The number of H-pyrrole nitrogens is 1. The van der Waals surface area contributed by atoms with Gasteiger partial charge in [-0.25, -0.2) is 0 Å². The van der Waals surface area contributed by atoms with Gasteiger partial charge in [-0.1, -0.05) is 17.4 Å². The normalized spacial score (nSPS) is 10.9. The molecule has 148 valence electrons. The van der Waals surface area contributed by atoms with Gasteiger partial charge in [0, 0.05) is 39.9 Å². The molecule has 0 aliphatic heterocycles. The molecule has 0 aliphatic rings. The number of rotatable bonds is 6. The number of hydrogen-bond acceptors (Lipinski definition) is 6. The van der Waals surface area contributed by atoms with Crippen LogP contribution in [-0.4, -0.2) is 36.5 Å². The summed E-state index contributed by atoms with van der Waals surface area (Å²) in [7, 11) is 4.70. The number of ether oxygens (including phenoxy) is 3. The third kappa shape index (κ3) is 3.27. The summed E-state index contributed by atoms with van der Waals surface area (Å²) < 4.78 is 21.8. The number of nitrogens with zero attached hydrogens (tertiary/aromatic N) is 1.